The monoisotopic (exact) mass is 491 g/mol. The van der Waals surface area contributed by atoms with E-state index in [4.69, 9.17) is 16.3 Å². The molecule has 7 nitrogen and oxygen atoms in total. The lowest BCUT2D eigenvalue weighted by Gasteiger charge is -2.18. The minimum absolute atomic E-state index is 0.0215. The first-order valence-electron chi connectivity index (χ1n) is 9.46. The molecule has 0 aromatic heterocycles. The molecule has 0 amide bonds. The van der Waals surface area contributed by atoms with Gasteiger partial charge in [0.1, 0.15) is 28.3 Å². The molecule has 1 atom stereocenters. The third kappa shape index (κ3) is 6.25. The highest BCUT2D eigenvalue weighted by atomic mass is 35.5. The van der Waals surface area contributed by atoms with Gasteiger partial charge in [-0.1, -0.05) is 55.8 Å². The van der Waals surface area contributed by atoms with Gasteiger partial charge in [-0.2, -0.15) is 4.72 Å². The fourth-order valence-electron chi connectivity index (χ4n) is 2.80. The first kappa shape index (κ1) is 25.3. The van der Waals surface area contributed by atoms with Crippen LogP contribution in [0.15, 0.2) is 47.4 Å². The molecule has 0 fully saturated rings. The number of carbonyl (C=O) groups excluding carboxylic acids is 1. The van der Waals surface area contributed by atoms with Crippen LogP contribution in [-0.4, -0.2) is 33.9 Å². The first-order chi connectivity index (χ1) is 14.5. The van der Waals surface area contributed by atoms with Crippen molar-refractivity contribution >= 4 is 37.4 Å². The number of sulfone groups is 1. The van der Waals surface area contributed by atoms with E-state index in [1.807, 2.05) is 0 Å². The second kappa shape index (κ2) is 10.5. The van der Waals surface area contributed by atoms with Gasteiger partial charge in [-0.05, 0) is 30.5 Å². The molecule has 0 aliphatic carbocycles. The highest BCUT2D eigenvalue weighted by Gasteiger charge is 2.32. The van der Waals surface area contributed by atoms with Crippen LogP contribution in [0.2, 0.25) is 5.02 Å². The number of esters is 1. The van der Waals surface area contributed by atoms with Crippen LogP contribution < -0.4 is 4.72 Å². The van der Waals surface area contributed by atoms with Gasteiger partial charge in [0.15, 0.2) is 9.84 Å². The van der Waals surface area contributed by atoms with Crippen molar-refractivity contribution in [2.75, 3.05) is 5.75 Å². The van der Waals surface area contributed by atoms with E-state index >= 15 is 0 Å². The molecule has 0 saturated heterocycles. The summed E-state index contributed by atoms with van der Waals surface area (Å²) in [6.07, 6.45) is 0.293. The standard InChI is InChI=1S/C20H23ClFNO6S2/c1-3-12-30(25,26)17(4-2)23-31(27,28)16-11-10-15(22)18(19(16)21)20(24)29-13-14-8-6-5-7-9-14/h5-11,17,23H,3-4,12-13H2,1-2H3. The third-order valence-electron chi connectivity index (χ3n) is 4.34. The maximum absolute atomic E-state index is 14.3. The molecular weight excluding hydrogens is 469 g/mol. The molecule has 0 radical (unpaired) electrons. The minimum atomic E-state index is -4.48. The summed E-state index contributed by atoms with van der Waals surface area (Å²) in [5.41, 5.74) is -0.102. The summed E-state index contributed by atoms with van der Waals surface area (Å²) in [5.74, 6) is -2.41. The molecule has 1 unspecified atom stereocenters. The van der Waals surface area contributed by atoms with Crippen LogP contribution in [0.1, 0.15) is 42.6 Å². The minimum Gasteiger partial charge on any atom is -0.457 e. The van der Waals surface area contributed by atoms with Gasteiger partial charge in [-0.3, -0.25) is 0 Å². The largest absolute Gasteiger partial charge is 0.457 e. The number of halogens is 2. The quantitative estimate of drug-likeness (QED) is 0.508. The number of benzene rings is 2. The summed E-state index contributed by atoms with van der Waals surface area (Å²) >= 11 is 6.07. The lowest BCUT2D eigenvalue weighted by atomic mass is 10.2. The number of sulfonamides is 1. The van der Waals surface area contributed by atoms with E-state index < -0.39 is 52.5 Å². The van der Waals surface area contributed by atoms with Gasteiger partial charge in [0.25, 0.3) is 0 Å². The van der Waals surface area contributed by atoms with E-state index in [0.717, 1.165) is 12.1 Å². The SMILES string of the molecule is CCCS(=O)(=O)C(CC)NS(=O)(=O)c1ccc(F)c(C(=O)OCc2ccccc2)c1Cl. The summed E-state index contributed by atoms with van der Waals surface area (Å²) in [4.78, 5) is 11.8. The molecule has 170 valence electrons. The van der Waals surface area contributed by atoms with Crippen LogP contribution in [-0.2, 0) is 31.2 Å². The third-order valence-corrected chi connectivity index (χ3v) is 8.80. The number of ether oxygens (including phenoxy) is 1. The molecule has 0 saturated carbocycles. The zero-order chi connectivity index (χ0) is 23.2. The van der Waals surface area contributed by atoms with E-state index in [-0.39, 0.29) is 18.8 Å². The van der Waals surface area contributed by atoms with E-state index in [1.165, 1.54) is 6.92 Å². The number of carbonyl (C=O) groups is 1. The van der Waals surface area contributed by atoms with Crippen LogP contribution in [0, 0.1) is 5.82 Å². The van der Waals surface area contributed by atoms with Crippen LogP contribution in [0.3, 0.4) is 0 Å². The predicted octanol–water partition coefficient (Wildman–Crippen LogP) is 3.68. The predicted molar refractivity (Wildman–Crippen MR) is 115 cm³/mol. The van der Waals surface area contributed by atoms with E-state index in [9.17, 15) is 26.0 Å². The van der Waals surface area contributed by atoms with E-state index in [1.54, 1.807) is 37.3 Å². The average molecular weight is 492 g/mol. The Labute approximate surface area is 186 Å². The molecule has 1 N–H and O–H groups in total. The lowest BCUT2D eigenvalue weighted by molar-refractivity contribution is 0.0467. The Morgan fingerprint density at radius 3 is 2.32 bits per heavy atom. The van der Waals surface area contributed by atoms with E-state index in [2.05, 4.69) is 4.72 Å². The summed E-state index contributed by atoms with van der Waals surface area (Å²) in [6, 6.07) is 10.2. The highest BCUT2D eigenvalue weighted by molar-refractivity contribution is 7.94. The molecule has 0 heterocycles. The number of nitrogens with one attached hydrogen (secondary N) is 1. The van der Waals surface area contributed by atoms with Crippen molar-refractivity contribution in [3.05, 3.63) is 64.4 Å². The summed E-state index contributed by atoms with van der Waals surface area (Å²) < 4.78 is 71.7. The average Bonchev–Trinajstić information content (AvgIpc) is 2.71. The Kier molecular flexibility index (Phi) is 8.58. The molecule has 0 bridgehead atoms. The summed E-state index contributed by atoms with van der Waals surface area (Å²) in [5, 5.41) is -2.07. The fraction of sp³-hybridized carbons (Fsp3) is 0.350. The number of hydrogen-bond acceptors (Lipinski definition) is 6. The molecule has 0 aliphatic heterocycles. The highest BCUT2D eigenvalue weighted by Crippen LogP contribution is 2.29. The van der Waals surface area contributed by atoms with Crippen molar-refractivity contribution in [1.29, 1.82) is 0 Å². The summed E-state index contributed by atoms with van der Waals surface area (Å²) in [6.45, 7) is 3.00. The van der Waals surface area contributed by atoms with Crippen molar-refractivity contribution in [2.45, 2.75) is 43.6 Å². The van der Waals surface area contributed by atoms with Gasteiger partial charge in [0, 0.05) is 0 Å². The molecular formula is C20H23ClFNO6S2. The Morgan fingerprint density at radius 2 is 1.74 bits per heavy atom. The molecule has 31 heavy (non-hydrogen) atoms. The van der Waals surface area contributed by atoms with Crippen molar-refractivity contribution in [1.82, 2.24) is 4.72 Å². The van der Waals surface area contributed by atoms with Gasteiger partial charge in [0.05, 0.1) is 10.8 Å². The maximum atomic E-state index is 14.3. The molecule has 2 rings (SSSR count). The molecule has 0 aliphatic rings. The zero-order valence-electron chi connectivity index (χ0n) is 17.0. The maximum Gasteiger partial charge on any atom is 0.343 e. The second-order valence-corrected chi connectivity index (χ2v) is 11.0. The molecule has 11 heteroatoms. The van der Waals surface area contributed by atoms with Gasteiger partial charge in [0.2, 0.25) is 10.0 Å². The number of rotatable bonds is 10. The fourth-order valence-corrected chi connectivity index (χ4v) is 6.89. The second-order valence-electron chi connectivity index (χ2n) is 6.68. The van der Waals surface area contributed by atoms with Crippen LogP contribution in [0.25, 0.3) is 0 Å². The van der Waals surface area contributed by atoms with Gasteiger partial charge < -0.3 is 4.74 Å². The summed E-state index contributed by atoms with van der Waals surface area (Å²) in [7, 11) is -8.23. The Bertz CT molecular complexity index is 1140. The van der Waals surface area contributed by atoms with Gasteiger partial charge >= 0.3 is 5.97 Å². The van der Waals surface area contributed by atoms with Crippen molar-refractivity contribution in [3.63, 3.8) is 0 Å². The molecule has 2 aromatic rings. The Balaban J connectivity index is 2.34. The Morgan fingerprint density at radius 1 is 1.10 bits per heavy atom. The lowest BCUT2D eigenvalue weighted by Crippen LogP contribution is -2.41. The first-order valence-corrected chi connectivity index (χ1v) is 13.0. The zero-order valence-corrected chi connectivity index (χ0v) is 19.4. The van der Waals surface area contributed by atoms with Gasteiger partial charge in [-0.25, -0.2) is 26.0 Å². The van der Waals surface area contributed by atoms with Crippen molar-refractivity contribution in [3.8, 4) is 0 Å². The normalized spacial score (nSPS) is 13.0. The molecule has 0 spiro atoms. The van der Waals surface area contributed by atoms with Crippen molar-refractivity contribution in [2.24, 2.45) is 0 Å². The Hall–Kier alpha value is -2.01. The van der Waals surface area contributed by atoms with Crippen LogP contribution in [0.4, 0.5) is 4.39 Å². The van der Waals surface area contributed by atoms with Gasteiger partial charge in [-0.15, -0.1) is 0 Å². The van der Waals surface area contributed by atoms with E-state index in [0.29, 0.717) is 12.0 Å². The van der Waals surface area contributed by atoms with Crippen LogP contribution >= 0.6 is 11.6 Å². The smallest absolute Gasteiger partial charge is 0.343 e. The molecule has 2 aromatic carbocycles. The topological polar surface area (TPSA) is 107 Å². The van der Waals surface area contributed by atoms with Crippen LogP contribution in [0.5, 0.6) is 0 Å². The number of hydrogen-bond donors (Lipinski definition) is 1. The van der Waals surface area contributed by atoms with Crippen molar-refractivity contribution < 1.29 is 30.8 Å².